The number of nitrogens with one attached hydrogen (secondary N) is 1. The topological polar surface area (TPSA) is 102 Å². The van der Waals surface area contributed by atoms with Gasteiger partial charge in [-0.05, 0) is 33.6 Å². The molecule has 8 heteroatoms. The van der Waals surface area contributed by atoms with Gasteiger partial charge in [-0.25, -0.2) is 4.79 Å². The molecule has 26 heavy (non-hydrogen) atoms. The van der Waals surface area contributed by atoms with Crippen molar-refractivity contribution >= 4 is 23.8 Å². The summed E-state index contributed by atoms with van der Waals surface area (Å²) in [5, 5.41) is 2.59. The smallest absolute Gasteiger partial charge is 0.410 e. The van der Waals surface area contributed by atoms with Gasteiger partial charge < -0.3 is 14.8 Å². The number of ketones is 1. The van der Waals surface area contributed by atoms with Crippen molar-refractivity contribution in [2.75, 3.05) is 20.2 Å². The van der Waals surface area contributed by atoms with Gasteiger partial charge in [0.15, 0.2) is 5.78 Å². The Hall–Kier alpha value is -2.12. The van der Waals surface area contributed by atoms with Crippen LogP contribution in [-0.2, 0) is 23.9 Å². The van der Waals surface area contributed by atoms with Gasteiger partial charge in [-0.15, -0.1) is 0 Å². The van der Waals surface area contributed by atoms with E-state index in [1.54, 1.807) is 34.6 Å². The van der Waals surface area contributed by atoms with Crippen LogP contribution in [0.1, 0.15) is 47.5 Å². The monoisotopic (exact) mass is 370 g/mol. The highest BCUT2D eigenvalue weighted by atomic mass is 16.6. The predicted octanol–water partition coefficient (Wildman–Crippen LogP) is 1.52. The summed E-state index contributed by atoms with van der Waals surface area (Å²) in [6.45, 7) is 8.63. The van der Waals surface area contributed by atoms with Crippen LogP contribution in [-0.4, -0.2) is 60.5 Å². The average molecular weight is 370 g/mol. The zero-order valence-electron chi connectivity index (χ0n) is 16.5. The zero-order valence-corrected chi connectivity index (χ0v) is 16.5. The summed E-state index contributed by atoms with van der Waals surface area (Å²) in [7, 11) is 1.29. The van der Waals surface area contributed by atoms with E-state index in [9.17, 15) is 19.2 Å². The minimum Gasteiger partial charge on any atom is -0.469 e. The van der Waals surface area contributed by atoms with Crippen LogP contribution in [0.15, 0.2) is 0 Å². The average Bonchev–Trinajstić information content (AvgIpc) is 2.56. The lowest BCUT2D eigenvalue weighted by Gasteiger charge is -2.38. The molecule has 8 nitrogen and oxygen atoms in total. The summed E-state index contributed by atoms with van der Waals surface area (Å²) in [5.74, 6) is -1.63. The Bertz CT molecular complexity index is 552. The quantitative estimate of drug-likeness (QED) is 0.736. The molecule has 2 atom stereocenters. The second-order valence-electron chi connectivity index (χ2n) is 7.78. The summed E-state index contributed by atoms with van der Waals surface area (Å²) in [4.78, 5) is 49.9. The van der Waals surface area contributed by atoms with E-state index < -0.39 is 35.5 Å². The van der Waals surface area contributed by atoms with Crippen molar-refractivity contribution in [3.05, 3.63) is 0 Å². The van der Waals surface area contributed by atoms with Gasteiger partial charge in [0.1, 0.15) is 11.6 Å². The van der Waals surface area contributed by atoms with Crippen LogP contribution in [0.3, 0.4) is 0 Å². The maximum atomic E-state index is 12.5. The Morgan fingerprint density at radius 3 is 2.27 bits per heavy atom. The molecule has 0 aromatic heterocycles. The Kier molecular flexibility index (Phi) is 7.59. The van der Waals surface area contributed by atoms with Crippen LogP contribution in [0, 0.1) is 11.8 Å². The van der Waals surface area contributed by atoms with Gasteiger partial charge >= 0.3 is 12.1 Å². The number of piperidine rings is 1. The van der Waals surface area contributed by atoms with E-state index in [1.165, 1.54) is 12.0 Å². The molecule has 1 saturated heterocycles. The lowest BCUT2D eigenvalue weighted by atomic mass is 9.92. The minimum atomic E-state index is -0.786. The number of carbonyl (C=O) groups is 4. The first-order valence-corrected chi connectivity index (χ1v) is 8.84. The molecule has 1 N–H and O–H groups in total. The number of rotatable bonds is 5. The first-order valence-electron chi connectivity index (χ1n) is 8.84. The summed E-state index contributed by atoms with van der Waals surface area (Å²) in [6.07, 6.45) is 0.0459. The fraction of sp³-hybridized carbons (Fsp3) is 0.778. The Balaban J connectivity index is 2.89. The molecule has 1 rings (SSSR count). The summed E-state index contributed by atoms with van der Waals surface area (Å²) < 4.78 is 10.1. The van der Waals surface area contributed by atoms with E-state index in [0.29, 0.717) is 12.8 Å². The standard InChI is InChI=1S/C18H30N2O6/c1-11(2)14(21)9-19-15(22)13-8-7-12(16(23)25-6)10-20(13)17(24)26-18(3,4)5/h11-13H,7-10H2,1-6H3,(H,19,22). The molecule has 2 unspecified atom stereocenters. The normalized spacial score (nSPS) is 20.5. The van der Waals surface area contributed by atoms with E-state index in [2.05, 4.69) is 5.32 Å². The van der Waals surface area contributed by atoms with Crippen molar-refractivity contribution in [3.63, 3.8) is 0 Å². The van der Waals surface area contributed by atoms with Crippen LogP contribution in [0.2, 0.25) is 0 Å². The van der Waals surface area contributed by atoms with Crippen molar-refractivity contribution in [2.24, 2.45) is 11.8 Å². The maximum absolute atomic E-state index is 12.5. The van der Waals surface area contributed by atoms with Gasteiger partial charge in [-0.3, -0.25) is 19.3 Å². The largest absolute Gasteiger partial charge is 0.469 e. The number of nitrogens with zero attached hydrogens (tertiary/aromatic N) is 1. The molecular weight excluding hydrogens is 340 g/mol. The Morgan fingerprint density at radius 2 is 1.77 bits per heavy atom. The number of Topliss-reactive ketones (excluding diaryl/α,β-unsaturated/α-hetero) is 1. The molecule has 148 valence electrons. The molecule has 0 radical (unpaired) electrons. The zero-order chi connectivity index (χ0) is 20.1. The number of methoxy groups -OCH3 is 1. The van der Waals surface area contributed by atoms with E-state index in [1.807, 2.05) is 0 Å². The minimum absolute atomic E-state index is 0.0395. The SMILES string of the molecule is COC(=O)C1CCC(C(=O)NCC(=O)C(C)C)N(C(=O)OC(C)(C)C)C1. The highest BCUT2D eigenvalue weighted by Crippen LogP contribution is 2.25. The lowest BCUT2D eigenvalue weighted by molar-refractivity contribution is -0.149. The fourth-order valence-corrected chi connectivity index (χ4v) is 2.62. The van der Waals surface area contributed by atoms with Gasteiger partial charge in [0.2, 0.25) is 5.91 Å². The molecule has 0 aromatic rings. The second-order valence-corrected chi connectivity index (χ2v) is 7.78. The van der Waals surface area contributed by atoms with Gasteiger partial charge in [0, 0.05) is 12.5 Å². The maximum Gasteiger partial charge on any atom is 0.410 e. The van der Waals surface area contributed by atoms with Crippen molar-refractivity contribution < 1.29 is 28.7 Å². The third-order valence-corrected chi connectivity index (χ3v) is 4.13. The first-order chi connectivity index (χ1) is 12.0. The summed E-state index contributed by atoms with van der Waals surface area (Å²) >= 11 is 0. The fourth-order valence-electron chi connectivity index (χ4n) is 2.62. The van der Waals surface area contributed by atoms with Crippen LogP contribution < -0.4 is 5.32 Å². The van der Waals surface area contributed by atoms with Gasteiger partial charge in [0.05, 0.1) is 19.6 Å². The molecule has 0 spiro atoms. The van der Waals surface area contributed by atoms with Gasteiger partial charge in [-0.2, -0.15) is 0 Å². The first kappa shape index (κ1) is 21.9. The molecule has 1 heterocycles. The summed E-state index contributed by atoms with van der Waals surface area (Å²) in [6, 6.07) is -0.786. The molecule has 0 aliphatic carbocycles. The predicted molar refractivity (Wildman–Crippen MR) is 94.3 cm³/mol. The van der Waals surface area contributed by atoms with Crippen molar-refractivity contribution in [1.82, 2.24) is 10.2 Å². The Morgan fingerprint density at radius 1 is 1.15 bits per heavy atom. The molecule has 2 amide bonds. The molecule has 0 aromatic carbocycles. The van der Waals surface area contributed by atoms with Crippen LogP contribution in [0.25, 0.3) is 0 Å². The number of hydrogen-bond acceptors (Lipinski definition) is 6. The van der Waals surface area contributed by atoms with E-state index >= 15 is 0 Å². The number of hydrogen-bond donors (Lipinski definition) is 1. The van der Waals surface area contributed by atoms with Gasteiger partial charge in [0.25, 0.3) is 0 Å². The van der Waals surface area contributed by atoms with Crippen molar-refractivity contribution in [2.45, 2.75) is 59.1 Å². The lowest BCUT2D eigenvalue weighted by Crippen LogP contribution is -2.56. The van der Waals surface area contributed by atoms with Crippen LogP contribution in [0.4, 0.5) is 4.79 Å². The third kappa shape index (κ3) is 6.31. The van der Waals surface area contributed by atoms with E-state index in [0.717, 1.165) is 0 Å². The highest BCUT2D eigenvalue weighted by molar-refractivity contribution is 5.91. The number of amides is 2. The number of carbonyl (C=O) groups excluding carboxylic acids is 4. The van der Waals surface area contributed by atoms with Gasteiger partial charge in [-0.1, -0.05) is 13.8 Å². The molecular formula is C18H30N2O6. The van der Waals surface area contributed by atoms with Crippen molar-refractivity contribution in [3.8, 4) is 0 Å². The second kappa shape index (κ2) is 9.00. The van der Waals surface area contributed by atoms with E-state index in [4.69, 9.17) is 9.47 Å². The third-order valence-electron chi connectivity index (χ3n) is 4.13. The Labute approximate surface area is 154 Å². The van der Waals surface area contributed by atoms with Crippen LogP contribution >= 0.6 is 0 Å². The van der Waals surface area contributed by atoms with Crippen molar-refractivity contribution in [1.29, 1.82) is 0 Å². The highest BCUT2D eigenvalue weighted by Gasteiger charge is 2.40. The van der Waals surface area contributed by atoms with Crippen LogP contribution in [0.5, 0.6) is 0 Å². The van der Waals surface area contributed by atoms with E-state index in [-0.39, 0.29) is 24.8 Å². The molecule has 1 aliphatic rings. The molecule has 0 saturated carbocycles. The number of likely N-dealkylation sites (tertiary alicyclic amines) is 1. The number of esters is 1. The molecule has 0 bridgehead atoms. The number of ether oxygens (including phenoxy) is 2. The molecule has 1 aliphatic heterocycles. The summed E-state index contributed by atoms with van der Waals surface area (Å²) in [5.41, 5.74) is -0.732. The molecule has 1 fully saturated rings.